The third-order valence-electron chi connectivity index (χ3n) is 5.68. The molecule has 120 valence electrons. The van der Waals surface area contributed by atoms with E-state index in [0.717, 1.165) is 19.0 Å². The van der Waals surface area contributed by atoms with Crippen LogP contribution in [0.15, 0.2) is 0 Å². The Morgan fingerprint density at radius 1 is 1.05 bits per heavy atom. The number of nitrogens with two attached hydrogens (primary N) is 1. The van der Waals surface area contributed by atoms with Gasteiger partial charge in [-0.2, -0.15) is 0 Å². The monoisotopic (exact) mass is 282 g/mol. The van der Waals surface area contributed by atoms with Crippen LogP contribution in [0.25, 0.3) is 0 Å². The van der Waals surface area contributed by atoms with Crippen LogP contribution in [-0.4, -0.2) is 29.6 Å². The minimum absolute atomic E-state index is 0.309. The highest BCUT2D eigenvalue weighted by molar-refractivity contribution is 5.02. The Balaban J connectivity index is 2.70. The maximum Gasteiger partial charge on any atom is 0.0360 e. The molecule has 0 aromatic heterocycles. The lowest BCUT2D eigenvalue weighted by Gasteiger charge is -2.45. The number of hydrogen-bond acceptors (Lipinski definition) is 2. The van der Waals surface area contributed by atoms with E-state index in [1.165, 1.54) is 57.8 Å². The van der Waals surface area contributed by atoms with Gasteiger partial charge in [0.1, 0.15) is 0 Å². The summed E-state index contributed by atoms with van der Waals surface area (Å²) in [5.74, 6) is 0.831. The van der Waals surface area contributed by atoms with Gasteiger partial charge in [-0.1, -0.05) is 66.2 Å². The number of hydrogen-bond donors (Lipinski definition) is 1. The Morgan fingerprint density at radius 3 is 2.10 bits per heavy atom. The molecule has 0 radical (unpaired) electrons. The number of likely N-dealkylation sites (N-methyl/N-ethyl adjacent to an activating group) is 1. The van der Waals surface area contributed by atoms with Crippen LogP contribution in [0.2, 0.25) is 0 Å². The van der Waals surface area contributed by atoms with Crippen molar-refractivity contribution in [1.82, 2.24) is 4.90 Å². The largest absolute Gasteiger partial charge is 0.326 e. The first-order valence-electron chi connectivity index (χ1n) is 9.15. The Labute approximate surface area is 127 Å². The van der Waals surface area contributed by atoms with Crippen LogP contribution in [0.4, 0.5) is 0 Å². The number of unbranched alkanes of at least 4 members (excludes halogenated alkanes) is 1. The predicted molar refractivity (Wildman–Crippen MR) is 90.0 cm³/mol. The molecule has 2 nitrogen and oxygen atoms in total. The lowest BCUT2D eigenvalue weighted by atomic mass is 9.79. The van der Waals surface area contributed by atoms with Gasteiger partial charge >= 0.3 is 0 Å². The molecule has 1 rings (SSSR count). The van der Waals surface area contributed by atoms with E-state index in [1.807, 2.05) is 0 Å². The van der Waals surface area contributed by atoms with E-state index in [1.54, 1.807) is 0 Å². The van der Waals surface area contributed by atoms with E-state index in [9.17, 15) is 0 Å². The van der Waals surface area contributed by atoms with Crippen LogP contribution in [0, 0.1) is 5.92 Å². The molecule has 0 spiro atoms. The van der Waals surface area contributed by atoms with Gasteiger partial charge in [0.05, 0.1) is 0 Å². The highest BCUT2D eigenvalue weighted by Gasteiger charge is 2.43. The second-order valence-corrected chi connectivity index (χ2v) is 6.74. The van der Waals surface area contributed by atoms with Gasteiger partial charge in [-0.05, 0) is 38.3 Å². The molecule has 1 saturated carbocycles. The number of nitrogens with zero attached hydrogens (tertiary/aromatic N) is 1. The Kier molecular flexibility index (Phi) is 8.13. The minimum atomic E-state index is 0.309. The van der Waals surface area contributed by atoms with E-state index in [-0.39, 0.29) is 0 Å². The summed E-state index contributed by atoms with van der Waals surface area (Å²) in [6, 6.07) is 0.367. The van der Waals surface area contributed by atoms with E-state index in [0.29, 0.717) is 11.6 Å². The zero-order chi connectivity index (χ0) is 15.0. The van der Waals surface area contributed by atoms with E-state index in [4.69, 9.17) is 5.73 Å². The molecule has 0 saturated heterocycles. The fraction of sp³-hybridized carbons (Fsp3) is 1.00. The molecular formula is C18H38N2. The molecule has 2 atom stereocenters. The molecule has 0 aliphatic heterocycles. The zero-order valence-electron chi connectivity index (χ0n) is 14.5. The van der Waals surface area contributed by atoms with Crippen molar-refractivity contribution in [3.8, 4) is 0 Å². The van der Waals surface area contributed by atoms with Gasteiger partial charge in [-0.15, -0.1) is 0 Å². The van der Waals surface area contributed by atoms with Gasteiger partial charge in [-0.25, -0.2) is 0 Å². The normalized spacial score (nSPS) is 21.3. The standard InChI is InChI=1S/C18H38N2/c1-5-9-12-16(6-2)15-17(19)18(13-10-11-14-18)20(7-3)8-4/h16-17H,5-15,19H2,1-4H3. The maximum atomic E-state index is 6.77. The van der Waals surface area contributed by atoms with Crippen molar-refractivity contribution < 1.29 is 0 Å². The zero-order valence-corrected chi connectivity index (χ0v) is 14.5. The summed E-state index contributed by atoms with van der Waals surface area (Å²) in [6.45, 7) is 11.5. The SMILES string of the molecule is CCCCC(CC)CC(N)C1(N(CC)CC)CCCC1. The molecule has 1 fully saturated rings. The van der Waals surface area contributed by atoms with Crippen molar-refractivity contribution in [2.75, 3.05) is 13.1 Å². The molecule has 1 aliphatic rings. The van der Waals surface area contributed by atoms with Gasteiger partial charge in [0, 0.05) is 11.6 Å². The molecule has 20 heavy (non-hydrogen) atoms. The molecule has 1 aliphatic carbocycles. The van der Waals surface area contributed by atoms with Crippen LogP contribution in [-0.2, 0) is 0 Å². The summed E-state index contributed by atoms with van der Waals surface area (Å²) in [5, 5.41) is 0. The number of rotatable bonds is 10. The second-order valence-electron chi connectivity index (χ2n) is 6.74. The Hall–Kier alpha value is -0.0800. The first-order valence-corrected chi connectivity index (χ1v) is 9.15. The van der Waals surface area contributed by atoms with Crippen LogP contribution >= 0.6 is 0 Å². The molecule has 0 aromatic carbocycles. The van der Waals surface area contributed by atoms with Crippen molar-refractivity contribution in [2.45, 2.75) is 97.1 Å². The summed E-state index contributed by atoms with van der Waals surface area (Å²) in [7, 11) is 0. The van der Waals surface area contributed by atoms with Gasteiger partial charge < -0.3 is 5.73 Å². The van der Waals surface area contributed by atoms with Gasteiger partial charge in [0.25, 0.3) is 0 Å². The van der Waals surface area contributed by atoms with Crippen molar-refractivity contribution in [2.24, 2.45) is 11.7 Å². The summed E-state index contributed by atoms with van der Waals surface area (Å²) >= 11 is 0. The summed E-state index contributed by atoms with van der Waals surface area (Å²) in [5.41, 5.74) is 7.08. The van der Waals surface area contributed by atoms with Gasteiger partial charge in [-0.3, -0.25) is 4.90 Å². The lowest BCUT2D eigenvalue weighted by Crippen LogP contribution is -2.58. The van der Waals surface area contributed by atoms with Crippen LogP contribution < -0.4 is 5.73 Å². The van der Waals surface area contributed by atoms with Gasteiger partial charge in [0.2, 0.25) is 0 Å². The molecule has 2 heteroatoms. The summed E-state index contributed by atoms with van der Waals surface area (Å²) in [4.78, 5) is 2.66. The molecule has 0 heterocycles. The van der Waals surface area contributed by atoms with Gasteiger partial charge in [0.15, 0.2) is 0 Å². The summed E-state index contributed by atoms with van der Waals surface area (Å²) in [6.07, 6.45) is 12.0. The molecule has 0 bridgehead atoms. The van der Waals surface area contributed by atoms with Crippen molar-refractivity contribution in [3.63, 3.8) is 0 Å². The summed E-state index contributed by atoms with van der Waals surface area (Å²) < 4.78 is 0. The third kappa shape index (κ3) is 4.21. The van der Waals surface area contributed by atoms with Crippen molar-refractivity contribution >= 4 is 0 Å². The maximum absolute atomic E-state index is 6.77. The van der Waals surface area contributed by atoms with E-state index in [2.05, 4.69) is 32.6 Å². The average molecular weight is 283 g/mol. The first-order chi connectivity index (χ1) is 9.64. The molecule has 0 aromatic rings. The molecule has 0 amide bonds. The Morgan fingerprint density at radius 2 is 1.65 bits per heavy atom. The average Bonchev–Trinajstić information content (AvgIpc) is 2.95. The van der Waals surface area contributed by atoms with Crippen LogP contribution in [0.3, 0.4) is 0 Å². The smallest absolute Gasteiger partial charge is 0.0360 e. The molecular weight excluding hydrogens is 244 g/mol. The quantitative estimate of drug-likeness (QED) is 0.635. The second kappa shape index (κ2) is 9.04. The molecule has 2 unspecified atom stereocenters. The van der Waals surface area contributed by atoms with E-state index < -0.39 is 0 Å². The highest BCUT2D eigenvalue weighted by Crippen LogP contribution is 2.39. The predicted octanol–water partition coefficient (Wildman–Crippen LogP) is 4.57. The minimum Gasteiger partial charge on any atom is -0.326 e. The fourth-order valence-electron chi connectivity index (χ4n) is 4.32. The van der Waals surface area contributed by atoms with Crippen LogP contribution in [0.5, 0.6) is 0 Å². The fourth-order valence-corrected chi connectivity index (χ4v) is 4.32. The first kappa shape index (κ1) is 18.0. The molecule has 2 N–H and O–H groups in total. The Bertz CT molecular complexity index is 242. The van der Waals surface area contributed by atoms with E-state index >= 15 is 0 Å². The van der Waals surface area contributed by atoms with Crippen molar-refractivity contribution in [3.05, 3.63) is 0 Å². The third-order valence-corrected chi connectivity index (χ3v) is 5.68. The highest BCUT2D eigenvalue weighted by atomic mass is 15.2. The lowest BCUT2D eigenvalue weighted by molar-refractivity contribution is 0.0669. The van der Waals surface area contributed by atoms with Crippen molar-refractivity contribution in [1.29, 1.82) is 0 Å². The topological polar surface area (TPSA) is 29.3 Å². The van der Waals surface area contributed by atoms with Crippen LogP contribution in [0.1, 0.15) is 85.5 Å².